The molecule has 0 saturated heterocycles. The lowest BCUT2D eigenvalue weighted by Crippen LogP contribution is -2.13. The maximum absolute atomic E-state index is 8.24. The molecule has 1 unspecified atom stereocenters. The molecule has 0 aliphatic carbocycles. The van der Waals surface area contributed by atoms with Crippen molar-refractivity contribution in [3.8, 4) is 6.07 Å². The highest BCUT2D eigenvalue weighted by Crippen LogP contribution is 2.03. The summed E-state index contributed by atoms with van der Waals surface area (Å²) in [5.41, 5.74) is 0. The van der Waals surface area contributed by atoms with Crippen molar-refractivity contribution in [1.82, 2.24) is 0 Å². The third kappa shape index (κ3) is 5.58. The zero-order valence-corrected chi connectivity index (χ0v) is 6.92. The van der Waals surface area contributed by atoms with Crippen molar-refractivity contribution in [3.63, 3.8) is 0 Å². The molecule has 0 fully saturated rings. The van der Waals surface area contributed by atoms with Gasteiger partial charge in [0, 0.05) is 6.42 Å². The van der Waals surface area contributed by atoms with Crippen LogP contribution in [0.5, 0.6) is 0 Å². The van der Waals surface area contributed by atoms with Crippen LogP contribution in [-0.2, 0) is 4.74 Å². The summed E-state index contributed by atoms with van der Waals surface area (Å²) in [5.74, 6) is 0. The number of nitrogens with zero attached hydrogens (tertiary/aromatic N) is 1. The standard InChI is InChI=1S/C8H15NO/c1-7(2)10-8(3)5-4-6-9/h7-8H,4-5H2,1-3H3. The van der Waals surface area contributed by atoms with Crippen molar-refractivity contribution in [3.05, 3.63) is 0 Å². The van der Waals surface area contributed by atoms with Crippen LogP contribution < -0.4 is 0 Å². The summed E-state index contributed by atoms with van der Waals surface area (Å²) < 4.78 is 5.40. The van der Waals surface area contributed by atoms with Gasteiger partial charge in [-0.2, -0.15) is 5.26 Å². The third-order valence-electron chi connectivity index (χ3n) is 1.17. The minimum atomic E-state index is 0.222. The van der Waals surface area contributed by atoms with Crippen LogP contribution in [-0.4, -0.2) is 12.2 Å². The van der Waals surface area contributed by atoms with E-state index in [9.17, 15) is 0 Å². The van der Waals surface area contributed by atoms with Crippen LogP contribution in [0.4, 0.5) is 0 Å². The Balaban J connectivity index is 3.27. The van der Waals surface area contributed by atoms with Crippen LogP contribution in [0, 0.1) is 11.3 Å². The van der Waals surface area contributed by atoms with Crippen LogP contribution in [0.15, 0.2) is 0 Å². The highest BCUT2D eigenvalue weighted by atomic mass is 16.5. The summed E-state index contributed by atoms with van der Waals surface area (Å²) in [5, 5.41) is 8.24. The van der Waals surface area contributed by atoms with E-state index in [-0.39, 0.29) is 12.2 Å². The van der Waals surface area contributed by atoms with Gasteiger partial charge in [0.1, 0.15) is 0 Å². The molecule has 0 N–H and O–H groups in total. The van der Waals surface area contributed by atoms with Gasteiger partial charge in [-0.05, 0) is 27.2 Å². The Morgan fingerprint density at radius 2 is 2.00 bits per heavy atom. The molecule has 0 aromatic heterocycles. The maximum Gasteiger partial charge on any atom is 0.0622 e. The van der Waals surface area contributed by atoms with E-state index in [1.54, 1.807) is 0 Å². The molecule has 0 aliphatic rings. The predicted molar refractivity (Wildman–Crippen MR) is 40.5 cm³/mol. The van der Waals surface area contributed by atoms with Crippen molar-refractivity contribution in [2.24, 2.45) is 0 Å². The Labute approximate surface area is 62.8 Å². The average molecular weight is 141 g/mol. The highest BCUT2D eigenvalue weighted by molar-refractivity contribution is 4.70. The first-order valence-corrected chi connectivity index (χ1v) is 3.69. The molecular weight excluding hydrogens is 126 g/mol. The molecule has 0 heterocycles. The minimum Gasteiger partial charge on any atom is -0.376 e. The first kappa shape index (κ1) is 9.45. The van der Waals surface area contributed by atoms with Crippen molar-refractivity contribution in [2.75, 3.05) is 0 Å². The van der Waals surface area contributed by atoms with E-state index >= 15 is 0 Å². The molecule has 1 atom stereocenters. The van der Waals surface area contributed by atoms with Crippen molar-refractivity contribution in [1.29, 1.82) is 5.26 Å². The van der Waals surface area contributed by atoms with Crippen molar-refractivity contribution < 1.29 is 4.74 Å². The van der Waals surface area contributed by atoms with Crippen LogP contribution in [0.1, 0.15) is 33.6 Å². The summed E-state index contributed by atoms with van der Waals surface area (Å²) in [6.45, 7) is 6.00. The van der Waals surface area contributed by atoms with E-state index in [2.05, 4.69) is 6.07 Å². The van der Waals surface area contributed by atoms with E-state index in [1.807, 2.05) is 20.8 Å². The Kier molecular flexibility index (Phi) is 4.96. The molecule has 0 amide bonds. The normalized spacial score (nSPS) is 13.1. The summed E-state index contributed by atoms with van der Waals surface area (Å²) in [7, 11) is 0. The van der Waals surface area contributed by atoms with Crippen molar-refractivity contribution >= 4 is 0 Å². The number of hydrogen-bond donors (Lipinski definition) is 0. The van der Waals surface area contributed by atoms with Gasteiger partial charge in [-0.1, -0.05) is 0 Å². The van der Waals surface area contributed by atoms with Gasteiger partial charge < -0.3 is 4.74 Å². The Hall–Kier alpha value is -0.550. The van der Waals surface area contributed by atoms with Crippen LogP contribution >= 0.6 is 0 Å². The number of ether oxygens (including phenoxy) is 1. The fraction of sp³-hybridized carbons (Fsp3) is 0.875. The molecule has 0 aliphatic heterocycles. The van der Waals surface area contributed by atoms with E-state index in [4.69, 9.17) is 10.00 Å². The lowest BCUT2D eigenvalue weighted by Gasteiger charge is -2.13. The Morgan fingerprint density at radius 1 is 1.40 bits per heavy atom. The second-order valence-corrected chi connectivity index (χ2v) is 2.69. The molecule has 0 spiro atoms. The topological polar surface area (TPSA) is 33.0 Å². The van der Waals surface area contributed by atoms with Gasteiger partial charge in [0.2, 0.25) is 0 Å². The van der Waals surface area contributed by atoms with E-state index in [0.717, 1.165) is 6.42 Å². The zero-order chi connectivity index (χ0) is 7.98. The molecule has 2 nitrogen and oxygen atoms in total. The van der Waals surface area contributed by atoms with Gasteiger partial charge in [0.25, 0.3) is 0 Å². The molecule has 0 radical (unpaired) electrons. The fourth-order valence-corrected chi connectivity index (χ4v) is 0.800. The monoisotopic (exact) mass is 141 g/mol. The molecule has 0 bridgehead atoms. The van der Waals surface area contributed by atoms with Gasteiger partial charge in [0.15, 0.2) is 0 Å². The van der Waals surface area contributed by atoms with E-state index in [0.29, 0.717) is 6.42 Å². The summed E-state index contributed by atoms with van der Waals surface area (Å²) in [6.07, 6.45) is 1.93. The van der Waals surface area contributed by atoms with Gasteiger partial charge >= 0.3 is 0 Å². The number of hydrogen-bond acceptors (Lipinski definition) is 2. The number of rotatable bonds is 4. The largest absolute Gasteiger partial charge is 0.376 e. The summed E-state index contributed by atoms with van der Waals surface area (Å²) in [6, 6.07) is 2.09. The molecule has 2 heteroatoms. The van der Waals surface area contributed by atoms with Gasteiger partial charge in [-0.15, -0.1) is 0 Å². The van der Waals surface area contributed by atoms with Crippen LogP contribution in [0.25, 0.3) is 0 Å². The molecule has 58 valence electrons. The van der Waals surface area contributed by atoms with Crippen LogP contribution in [0.3, 0.4) is 0 Å². The second-order valence-electron chi connectivity index (χ2n) is 2.69. The first-order chi connectivity index (χ1) is 4.66. The molecule has 0 aromatic rings. The Bertz CT molecular complexity index is 115. The minimum absolute atomic E-state index is 0.222. The quantitative estimate of drug-likeness (QED) is 0.600. The molecule has 0 aromatic carbocycles. The molecule has 0 saturated carbocycles. The predicted octanol–water partition coefficient (Wildman–Crippen LogP) is 2.10. The fourth-order valence-electron chi connectivity index (χ4n) is 0.800. The van der Waals surface area contributed by atoms with E-state index < -0.39 is 0 Å². The average Bonchev–Trinajstić information content (AvgIpc) is 1.82. The zero-order valence-electron chi connectivity index (χ0n) is 6.92. The number of nitriles is 1. The summed E-state index contributed by atoms with van der Waals surface area (Å²) >= 11 is 0. The molecular formula is C8H15NO. The lowest BCUT2D eigenvalue weighted by atomic mass is 10.2. The van der Waals surface area contributed by atoms with Gasteiger partial charge in [-0.3, -0.25) is 0 Å². The second kappa shape index (κ2) is 5.25. The Morgan fingerprint density at radius 3 is 2.40 bits per heavy atom. The lowest BCUT2D eigenvalue weighted by molar-refractivity contribution is 0.0152. The highest BCUT2D eigenvalue weighted by Gasteiger charge is 2.02. The van der Waals surface area contributed by atoms with Crippen molar-refractivity contribution in [2.45, 2.75) is 45.8 Å². The first-order valence-electron chi connectivity index (χ1n) is 3.69. The van der Waals surface area contributed by atoms with Crippen LogP contribution in [0.2, 0.25) is 0 Å². The smallest absolute Gasteiger partial charge is 0.0622 e. The SMILES string of the molecule is CC(C)OC(C)CCC#N. The van der Waals surface area contributed by atoms with E-state index in [1.165, 1.54) is 0 Å². The maximum atomic E-state index is 8.24. The molecule has 0 rings (SSSR count). The molecule has 10 heavy (non-hydrogen) atoms. The van der Waals surface area contributed by atoms with Gasteiger partial charge in [0.05, 0.1) is 18.3 Å². The van der Waals surface area contributed by atoms with Gasteiger partial charge in [-0.25, -0.2) is 0 Å². The summed E-state index contributed by atoms with van der Waals surface area (Å²) in [4.78, 5) is 0. The third-order valence-corrected chi connectivity index (χ3v) is 1.17.